The summed E-state index contributed by atoms with van der Waals surface area (Å²) in [6.45, 7) is 4.09. The van der Waals surface area contributed by atoms with E-state index < -0.39 is 0 Å². The highest BCUT2D eigenvalue weighted by Crippen LogP contribution is 2.21. The van der Waals surface area contributed by atoms with Crippen molar-refractivity contribution in [3.63, 3.8) is 0 Å². The van der Waals surface area contributed by atoms with Gasteiger partial charge in [-0.05, 0) is 38.5 Å². The van der Waals surface area contributed by atoms with Gasteiger partial charge in [0.2, 0.25) is 0 Å². The molecule has 1 aliphatic carbocycles. The third kappa shape index (κ3) is 2.87. The number of pyridine rings is 1. The first kappa shape index (κ1) is 13.6. The van der Waals surface area contributed by atoms with E-state index in [2.05, 4.69) is 29.4 Å². The quantitative estimate of drug-likeness (QED) is 0.911. The van der Waals surface area contributed by atoms with E-state index in [-0.39, 0.29) is 11.4 Å². The number of carbonyl (C=O) groups is 1. The predicted octanol–water partition coefficient (Wildman–Crippen LogP) is 3.63. The lowest BCUT2D eigenvalue weighted by Gasteiger charge is -2.29. The van der Waals surface area contributed by atoms with Crippen molar-refractivity contribution < 1.29 is 4.79 Å². The molecule has 106 valence electrons. The molecule has 1 unspecified atom stereocenters. The van der Waals surface area contributed by atoms with Gasteiger partial charge in [-0.1, -0.05) is 35.9 Å². The highest BCUT2D eigenvalue weighted by Gasteiger charge is 2.24. The van der Waals surface area contributed by atoms with Crippen molar-refractivity contribution in [2.24, 2.45) is 0 Å². The Kier molecular flexibility index (Phi) is 3.34. The Labute approximate surface area is 124 Å². The fourth-order valence-corrected chi connectivity index (χ4v) is 2.46. The van der Waals surface area contributed by atoms with Gasteiger partial charge in [-0.2, -0.15) is 0 Å². The number of allylic oxidation sites excluding steroid dienone is 2. The monoisotopic (exact) mass is 278 g/mol. The normalized spacial score (nSPS) is 21.1. The Morgan fingerprint density at radius 3 is 2.95 bits per heavy atom. The molecule has 3 rings (SSSR count). The number of carbonyl (C=O) groups excluding carboxylic acids is 1. The Bertz CT molecular complexity index is 761. The Balaban J connectivity index is 1.83. The van der Waals surface area contributed by atoms with E-state index in [0.29, 0.717) is 5.56 Å². The first-order valence-electron chi connectivity index (χ1n) is 7.09. The fraction of sp³-hybridized carbons (Fsp3) is 0.222. The summed E-state index contributed by atoms with van der Waals surface area (Å²) >= 11 is 0. The highest BCUT2D eigenvalue weighted by molar-refractivity contribution is 5.98. The summed E-state index contributed by atoms with van der Waals surface area (Å²) < 4.78 is 0. The van der Waals surface area contributed by atoms with Crippen LogP contribution in [0, 0.1) is 0 Å². The van der Waals surface area contributed by atoms with E-state index in [1.807, 2.05) is 43.3 Å². The maximum atomic E-state index is 12.4. The lowest BCUT2D eigenvalue weighted by Crippen LogP contribution is -2.44. The number of hydrogen-bond donors (Lipinski definition) is 1. The van der Waals surface area contributed by atoms with Crippen LogP contribution in [0.2, 0.25) is 0 Å². The average molecular weight is 278 g/mol. The third-order valence-electron chi connectivity index (χ3n) is 3.83. The topological polar surface area (TPSA) is 42.0 Å². The second-order valence-electron chi connectivity index (χ2n) is 5.77. The maximum Gasteiger partial charge on any atom is 0.252 e. The van der Waals surface area contributed by atoms with Crippen molar-refractivity contribution in [3.05, 3.63) is 65.9 Å². The summed E-state index contributed by atoms with van der Waals surface area (Å²) in [4.78, 5) is 16.7. The number of benzene rings is 1. The molecule has 0 fully saturated rings. The zero-order chi connectivity index (χ0) is 14.9. The van der Waals surface area contributed by atoms with Gasteiger partial charge in [-0.25, -0.2) is 0 Å². The first-order chi connectivity index (χ1) is 10.1. The summed E-state index contributed by atoms with van der Waals surface area (Å²) in [5, 5.41) is 4.14. The SMILES string of the molecule is CC1=CCC(C)(NC(=O)c2ccc3cccnc3c2)C=C1. The van der Waals surface area contributed by atoms with Gasteiger partial charge in [0.25, 0.3) is 5.91 Å². The second-order valence-corrected chi connectivity index (χ2v) is 5.77. The molecule has 0 aliphatic heterocycles. The molecule has 0 spiro atoms. The van der Waals surface area contributed by atoms with Gasteiger partial charge in [0.15, 0.2) is 0 Å². The molecule has 0 radical (unpaired) electrons. The fourth-order valence-electron chi connectivity index (χ4n) is 2.46. The Morgan fingerprint density at radius 2 is 2.19 bits per heavy atom. The van der Waals surface area contributed by atoms with E-state index in [1.54, 1.807) is 6.20 Å². The molecule has 1 aromatic heterocycles. The van der Waals surface area contributed by atoms with Crippen LogP contribution in [-0.4, -0.2) is 16.4 Å². The smallest absolute Gasteiger partial charge is 0.252 e. The van der Waals surface area contributed by atoms with Crippen LogP contribution in [0.1, 0.15) is 30.6 Å². The van der Waals surface area contributed by atoms with E-state index in [9.17, 15) is 4.79 Å². The molecule has 1 aromatic carbocycles. The number of nitrogens with zero attached hydrogens (tertiary/aromatic N) is 1. The first-order valence-corrected chi connectivity index (χ1v) is 7.09. The predicted molar refractivity (Wildman–Crippen MR) is 85.1 cm³/mol. The van der Waals surface area contributed by atoms with Crippen LogP contribution in [0.3, 0.4) is 0 Å². The lowest BCUT2D eigenvalue weighted by molar-refractivity contribution is 0.0922. The van der Waals surface area contributed by atoms with Crippen molar-refractivity contribution >= 4 is 16.8 Å². The zero-order valence-electron chi connectivity index (χ0n) is 12.3. The lowest BCUT2D eigenvalue weighted by atomic mass is 9.90. The van der Waals surface area contributed by atoms with E-state index >= 15 is 0 Å². The van der Waals surface area contributed by atoms with Crippen molar-refractivity contribution in [2.45, 2.75) is 25.8 Å². The molecule has 0 bridgehead atoms. The van der Waals surface area contributed by atoms with Crippen LogP contribution in [0.5, 0.6) is 0 Å². The Morgan fingerprint density at radius 1 is 1.33 bits per heavy atom. The van der Waals surface area contributed by atoms with Crippen LogP contribution >= 0.6 is 0 Å². The van der Waals surface area contributed by atoms with Crippen LogP contribution in [-0.2, 0) is 0 Å². The van der Waals surface area contributed by atoms with Crippen LogP contribution < -0.4 is 5.32 Å². The molecule has 1 heterocycles. The minimum atomic E-state index is -0.324. The van der Waals surface area contributed by atoms with Gasteiger partial charge < -0.3 is 5.32 Å². The van der Waals surface area contributed by atoms with Crippen LogP contribution in [0.25, 0.3) is 10.9 Å². The standard InChI is InChI=1S/C18H18N2O/c1-13-7-9-18(2,10-8-13)20-17(21)15-6-5-14-4-3-11-19-16(14)12-15/h3-9,11-12H,10H2,1-2H3,(H,20,21). The molecule has 1 atom stereocenters. The minimum Gasteiger partial charge on any atom is -0.343 e. The van der Waals surface area contributed by atoms with Gasteiger partial charge >= 0.3 is 0 Å². The summed E-state index contributed by atoms with van der Waals surface area (Å²) in [5.41, 5.74) is 2.39. The Hall–Kier alpha value is -2.42. The number of amides is 1. The van der Waals surface area contributed by atoms with E-state index in [4.69, 9.17) is 0 Å². The van der Waals surface area contributed by atoms with Gasteiger partial charge in [-0.3, -0.25) is 9.78 Å². The average Bonchev–Trinajstić information content (AvgIpc) is 2.50. The van der Waals surface area contributed by atoms with Gasteiger partial charge in [-0.15, -0.1) is 0 Å². The number of rotatable bonds is 2. The summed E-state index contributed by atoms with van der Waals surface area (Å²) in [5.74, 6) is -0.0670. The number of fused-ring (bicyclic) bond motifs is 1. The van der Waals surface area contributed by atoms with Gasteiger partial charge in [0.1, 0.15) is 0 Å². The largest absolute Gasteiger partial charge is 0.343 e. The second kappa shape index (κ2) is 5.17. The van der Waals surface area contributed by atoms with Crippen molar-refractivity contribution in [2.75, 3.05) is 0 Å². The van der Waals surface area contributed by atoms with Crippen molar-refractivity contribution in [1.29, 1.82) is 0 Å². The molecule has 0 saturated carbocycles. The number of nitrogens with one attached hydrogen (secondary N) is 1. The summed E-state index contributed by atoms with van der Waals surface area (Å²) in [6, 6.07) is 9.49. The van der Waals surface area contributed by atoms with Crippen LogP contribution in [0.15, 0.2) is 60.3 Å². The molecule has 0 saturated heterocycles. The molecule has 1 amide bonds. The number of hydrogen-bond acceptors (Lipinski definition) is 2. The van der Waals surface area contributed by atoms with Crippen molar-refractivity contribution in [3.8, 4) is 0 Å². The minimum absolute atomic E-state index is 0.0670. The molecular formula is C18H18N2O. The summed E-state index contributed by atoms with van der Waals surface area (Å²) in [7, 11) is 0. The summed E-state index contributed by atoms with van der Waals surface area (Å²) in [6.07, 6.45) is 8.79. The molecule has 3 heteroatoms. The molecular weight excluding hydrogens is 260 g/mol. The highest BCUT2D eigenvalue weighted by atomic mass is 16.1. The maximum absolute atomic E-state index is 12.4. The molecule has 21 heavy (non-hydrogen) atoms. The zero-order valence-corrected chi connectivity index (χ0v) is 12.3. The third-order valence-corrected chi connectivity index (χ3v) is 3.83. The number of aromatic nitrogens is 1. The van der Waals surface area contributed by atoms with E-state index in [1.165, 1.54) is 5.57 Å². The van der Waals surface area contributed by atoms with Crippen LogP contribution in [0.4, 0.5) is 0 Å². The molecule has 1 N–H and O–H groups in total. The van der Waals surface area contributed by atoms with Crippen molar-refractivity contribution in [1.82, 2.24) is 10.3 Å². The van der Waals surface area contributed by atoms with E-state index in [0.717, 1.165) is 17.3 Å². The van der Waals surface area contributed by atoms with Gasteiger partial charge in [0, 0.05) is 17.1 Å². The molecule has 3 nitrogen and oxygen atoms in total. The molecule has 1 aliphatic rings. The van der Waals surface area contributed by atoms with Gasteiger partial charge in [0.05, 0.1) is 11.1 Å². The molecule has 2 aromatic rings.